The van der Waals surface area contributed by atoms with Crippen LogP contribution in [0.15, 0.2) is 60.7 Å². The first-order valence-corrected chi connectivity index (χ1v) is 7.11. The molecule has 1 atom stereocenters. The molecule has 2 aromatic rings. The predicted molar refractivity (Wildman–Crippen MR) is 90.6 cm³/mol. The molecule has 0 aliphatic carbocycles. The summed E-state index contributed by atoms with van der Waals surface area (Å²) in [5.74, 6) is 0.317. The second-order valence-electron chi connectivity index (χ2n) is 5.34. The molecule has 1 N–H and O–H groups in total. The third-order valence-corrected chi connectivity index (χ3v) is 4.31. The summed E-state index contributed by atoms with van der Waals surface area (Å²) in [6.45, 7) is 1.89. The van der Waals surface area contributed by atoms with Crippen molar-refractivity contribution in [2.45, 2.75) is 11.8 Å². The van der Waals surface area contributed by atoms with Crippen molar-refractivity contribution in [1.82, 2.24) is 5.32 Å². The Kier molecular flexibility index (Phi) is 5.17. The smallest absolute Gasteiger partial charge is 0.111 e. The number of halogens is 1. The molecular weight excluding hydrogens is 324 g/mol. The lowest BCUT2D eigenvalue weighted by atomic mass is 9.66. The van der Waals surface area contributed by atoms with Crippen LogP contribution in [0.25, 0.3) is 0 Å². The topological polar surface area (TPSA) is 35.8 Å². The summed E-state index contributed by atoms with van der Waals surface area (Å²) in [6.07, 6.45) is 1.04. The summed E-state index contributed by atoms with van der Waals surface area (Å²) in [7, 11) is 0. The minimum atomic E-state index is -0.550. The van der Waals surface area contributed by atoms with Crippen molar-refractivity contribution in [3.8, 4) is 6.07 Å². The fraction of sp³-hybridized carbons (Fsp3) is 0.278. The Balaban J connectivity index is 0.00000161. The number of benzene rings is 2. The van der Waals surface area contributed by atoms with E-state index in [0.717, 1.165) is 30.6 Å². The van der Waals surface area contributed by atoms with E-state index in [1.807, 2.05) is 36.4 Å². The van der Waals surface area contributed by atoms with Gasteiger partial charge in [0.05, 0.1) is 6.07 Å². The first-order chi connectivity index (χ1) is 9.88. The molecule has 2 aromatic carbocycles. The number of hydrogen-bond acceptors (Lipinski definition) is 2. The van der Waals surface area contributed by atoms with Gasteiger partial charge in [-0.3, -0.25) is 0 Å². The van der Waals surface area contributed by atoms with E-state index < -0.39 is 5.41 Å². The highest BCUT2D eigenvalue weighted by atomic mass is 79.9. The van der Waals surface area contributed by atoms with Gasteiger partial charge in [0.1, 0.15) is 5.41 Å². The minimum absolute atomic E-state index is 0. The fourth-order valence-electron chi connectivity index (χ4n) is 3.28. The number of rotatable bonds is 3. The molecule has 0 saturated carbocycles. The van der Waals surface area contributed by atoms with Crippen molar-refractivity contribution < 1.29 is 0 Å². The van der Waals surface area contributed by atoms with Gasteiger partial charge in [0.25, 0.3) is 0 Å². The van der Waals surface area contributed by atoms with Crippen LogP contribution in [0.2, 0.25) is 0 Å². The molecule has 1 aliphatic rings. The summed E-state index contributed by atoms with van der Waals surface area (Å²) in [6, 6.07) is 23.1. The molecule has 108 valence electrons. The molecular formula is C18H19BrN2. The summed E-state index contributed by atoms with van der Waals surface area (Å²) in [5, 5.41) is 13.5. The van der Waals surface area contributed by atoms with Crippen molar-refractivity contribution in [1.29, 1.82) is 5.26 Å². The summed E-state index contributed by atoms with van der Waals surface area (Å²) in [4.78, 5) is 0. The number of nitrogens with one attached hydrogen (secondary N) is 1. The average Bonchev–Trinajstić information content (AvgIpc) is 3.06. The van der Waals surface area contributed by atoms with Crippen LogP contribution >= 0.6 is 17.0 Å². The van der Waals surface area contributed by atoms with Gasteiger partial charge in [-0.05, 0) is 30.0 Å². The quantitative estimate of drug-likeness (QED) is 0.923. The molecule has 0 bridgehead atoms. The molecule has 1 aliphatic heterocycles. The Morgan fingerprint density at radius 1 is 0.952 bits per heavy atom. The number of nitrogens with zero attached hydrogens (tertiary/aromatic N) is 1. The molecule has 0 radical (unpaired) electrons. The number of hydrogen-bond donors (Lipinski definition) is 1. The highest BCUT2D eigenvalue weighted by Gasteiger charge is 2.43. The molecule has 21 heavy (non-hydrogen) atoms. The molecule has 1 fully saturated rings. The van der Waals surface area contributed by atoms with Crippen molar-refractivity contribution in [3.05, 3.63) is 71.8 Å². The summed E-state index contributed by atoms with van der Waals surface area (Å²) < 4.78 is 0. The van der Waals surface area contributed by atoms with Crippen molar-refractivity contribution in [2.24, 2.45) is 5.92 Å². The highest BCUT2D eigenvalue weighted by Crippen LogP contribution is 2.41. The molecule has 1 heterocycles. The lowest BCUT2D eigenvalue weighted by Gasteiger charge is -2.33. The van der Waals surface area contributed by atoms with Crippen molar-refractivity contribution >= 4 is 17.0 Å². The van der Waals surface area contributed by atoms with Gasteiger partial charge in [0.2, 0.25) is 0 Å². The van der Waals surface area contributed by atoms with E-state index in [-0.39, 0.29) is 17.0 Å². The minimum Gasteiger partial charge on any atom is -0.316 e. The summed E-state index contributed by atoms with van der Waals surface area (Å²) in [5.41, 5.74) is 1.65. The van der Waals surface area contributed by atoms with Crippen LogP contribution in [-0.2, 0) is 5.41 Å². The average molecular weight is 343 g/mol. The lowest BCUT2D eigenvalue weighted by molar-refractivity contribution is 0.425. The second kappa shape index (κ2) is 6.89. The van der Waals surface area contributed by atoms with Crippen molar-refractivity contribution in [3.63, 3.8) is 0 Å². The Bertz CT molecular complexity index is 559. The molecule has 2 nitrogen and oxygen atoms in total. The van der Waals surface area contributed by atoms with Crippen LogP contribution in [0, 0.1) is 17.2 Å². The zero-order valence-corrected chi connectivity index (χ0v) is 13.5. The standard InChI is InChI=1S/C18H18N2.BrH/c19-14-18(17-11-12-20-13-17,15-7-3-1-4-8-15)16-9-5-2-6-10-16;/h1-10,17,20H,11-13H2;1H/t17-;/m1./s1. The lowest BCUT2D eigenvalue weighted by Crippen LogP contribution is -2.36. The Hall–Kier alpha value is -1.63. The van der Waals surface area contributed by atoms with E-state index in [1.165, 1.54) is 0 Å². The van der Waals surface area contributed by atoms with Gasteiger partial charge in [0, 0.05) is 6.54 Å². The first kappa shape index (κ1) is 15.8. The normalized spacial score (nSPS) is 17.8. The maximum Gasteiger partial charge on any atom is 0.111 e. The maximum atomic E-state index is 10.1. The SMILES string of the molecule is Br.N#CC(c1ccccc1)(c1ccccc1)[C@@H]1CCNC1. The van der Waals surface area contributed by atoms with E-state index >= 15 is 0 Å². The van der Waals surface area contributed by atoms with Gasteiger partial charge in [-0.25, -0.2) is 0 Å². The largest absolute Gasteiger partial charge is 0.316 e. The Morgan fingerprint density at radius 2 is 1.48 bits per heavy atom. The van der Waals surface area contributed by atoms with Crippen LogP contribution in [0.5, 0.6) is 0 Å². The molecule has 1 saturated heterocycles. The Morgan fingerprint density at radius 3 is 1.86 bits per heavy atom. The van der Waals surface area contributed by atoms with Gasteiger partial charge < -0.3 is 5.32 Å². The first-order valence-electron chi connectivity index (χ1n) is 7.11. The third-order valence-electron chi connectivity index (χ3n) is 4.31. The third kappa shape index (κ3) is 2.74. The van der Waals surface area contributed by atoms with Crippen LogP contribution in [0.4, 0.5) is 0 Å². The monoisotopic (exact) mass is 342 g/mol. The molecule has 0 aromatic heterocycles. The van der Waals surface area contributed by atoms with Crippen LogP contribution in [0.1, 0.15) is 17.5 Å². The predicted octanol–water partition coefficient (Wildman–Crippen LogP) is 3.68. The zero-order valence-electron chi connectivity index (χ0n) is 11.8. The van der Waals surface area contributed by atoms with E-state index in [9.17, 15) is 5.26 Å². The van der Waals surface area contributed by atoms with Crippen molar-refractivity contribution in [2.75, 3.05) is 13.1 Å². The maximum absolute atomic E-state index is 10.1. The Labute approximate surface area is 136 Å². The molecule has 3 heteroatoms. The molecule has 0 unspecified atom stereocenters. The van der Waals surface area contributed by atoms with Gasteiger partial charge >= 0.3 is 0 Å². The summed E-state index contributed by atoms with van der Waals surface area (Å²) >= 11 is 0. The second-order valence-corrected chi connectivity index (χ2v) is 5.34. The van der Waals surface area contributed by atoms with Crippen LogP contribution in [-0.4, -0.2) is 13.1 Å². The van der Waals surface area contributed by atoms with Gasteiger partial charge in [-0.15, -0.1) is 17.0 Å². The van der Waals surface area contributed by atoms with E-state index in [2.05, 4.69) is 35.7 Å². The fourth-order valence-corrected chi connectivity index (χ4v) is 3.28. The van der Waals surface area contributed by atoms with E-state index in [4.69, 9.17) is 0 Å². The van der Waals surface area contributed by atoms with E-state index in [0.29, 0.717) is 5.92 Å². The van der Waals surface area contributed by atoms with Crippen LogP contribution in [0.3, 0.4) is 0 Å². The van der Waals surface area contributed by atoms with Gasteiger partial charge in [-0.1, -0.05) is 60.7 Å². The highest BCUT2D eigenvalue weighted by molar-refractivity contribution is 8.93. The molecule has 0 amide bonds. The van der Waals surface area contributed by atoms with Crippen LogP contribution < -0.4 is 5.32 Å². The van der Waals surface area contributed by atoms with Gasteiger partial charge in [-0.2, -0.15) is 5.26 Å². The van der Waals surface area contributed by atoms with E-state index in [1.54, 1.807) is 0 Å². The van der Waals surface area contributed by atoms with Gasteiger partial charge in [0.15, 0.2) is 0 Å². The molecule has 3 rings (SSSR count). The zero-order chi connectivity index (χ0) is 13.8. The molecule has 0 spiro atoms. The number of nitriles is 1.